The minimum Gasteiger partial charge on any atom is -0.493 e. The van der Waals surface area contributed by atoms with Gasteiger partial charge in [0.2, 0.25) is 5.75 Å². The monoisotopic (exact) mass is 582 g/mol. The van der Waals surface area contributed by atoms with E-state index >= 15 is 0 Å². The van der Waals surface area contributed by atoms with Crippen LogP contribution in [0.15, 0.2) is 42.6 Å². The number of cyclic esters (lactones) is 2. The van der Waals surface area contributed by atoms with Crippen LogP contribution in [-0.2, 0) is 39.8 Å². The Kier molecular flexibility index (Phi) is 9.76. The minimum absolute atomic E-state index is 0.0970. The van der Waals surface area contributed by atoms with E-state index in [-0.39, 0.29) is 29.5 Å². The van der Waals surface area contributed by atoms with E-state index in [1.54, 1.807) is 13.8 Å². The quantitative estimate of drug-likeness (QED) is 0.342. The lowest BCUT2D eigenvalue weighted by atomic mass is 9.91. The summed E-state index contributed by atoms with van der Waals surface area (Å²) in [5.41, 5.74) is 0.478. The Bertz CT molecular complexity index is 1320. The zero-order valence-corrected chi connectivity index (χ0v) is 23.9. The molecule has 1 aliphatic carbocycles. The van der Waals surface area contributed by atoms with Crippen molar-refractivity contribution in [3.63, 3.8) is 0 Å². The van der Waals surface area contributed by atoms with Crippen LogP contribution in [0.2, 0.25) is 0 Å². The van der Waals surface area contributed by atoms with Gasteiger partial charge in [-0.3, -0.25) is 19.2 Å². The molecule has 0 spiro atoms. The summed E-state index contributed by atoms with van der Waals surface area (Å²) < 4.78 is 27.5. The van der Waals surface area contributed by atoms with Gasteiger partial charge in [0.15, 0.2) is 23.6 Å². The Morgan fingerprint density at radius 3 is 2.43 bits per heavy atom. The lowest BCUT2D eigenvalue weighted by Crippen LogP contribution is -2.47. The van der Waals surface area contributed by atoms with E-state index in [0.29, 0.717) is 12.8 Å². The number of hydrogen-bond donors (Lipinski definition) is 1. The number of amides is 1. The standard InChI is InChI=1S/C30H34N2O10/c1-16(2)27(34)41-24-17(3)40-30(37)21(15-39-29(36)20(24)14-18-8-6-5-7-9-18)32-26(33)23-25(22(38-4)12-13-31-23)42-28(35)19-10-11-19/h5-9,12-13,16-17,19-21,24H,10-11,14-15H2,1-4H3,(H,32,33)/t17-,20+,21-,24-/m0/s1. The molecule has 42 heavy (non-hydrogen) atoms. The fourth-order valence-electron chi connectivity index (χ4n) is 4.33. The molecule has 4 rings (SSSR count). The lowest BCUT2D eigenvalue weighted by Gasteiger charge is -2.29. The van der Waals surface area contributed by atoms with Crippen LogP contribution in [0.1, 0.15) is 49.7 Å². The summed E-state index contributed by atoms with van der Waals surface area (Å²) in [7, 11) is 1.34. The molecule has 224 valence electrons. The molecule has 2 aliphatic rings. The van der Waals surface area contributed by atoms with Crippen LogP contribution in [0.4, 0.5) is 0 Å². The van der Waals surface area contributed by atoms with E-state index in [4.69, 9.17) is 23.7 Å². The summed E-state index contributed by atoms with van der Waals surface area (Å²) in [6.45, 7) is 4.23. The highest BCUT2D eigenvalue weighted by Crippen LogP contribution is 2.35. The van der Waals surface area contributed by atoms with Crippen LogP contribution >= 0.6 is 0 Å². The fraction of sp³-hybridized carbons (Fsp3) is 0.467. The third kappa shape index (κ3) is 7.42. The average Bonchev–Trinajstić information content (AvgIpc) is 3.82. The number of ether oxygens (including phenoxy) is 5. The fourth-order valence-corrected chi connectivity index (χ4v) is 4.33. The number of carbonyl (C=O) groups is 5. The average molecular weight is 583 g/mol. The van der Waals surface area contributed by atoms with Crippen molar-refractivity contribution in [1.29, 1.82) is 0 Å². The zero-order valence-electron chi connectivity index (χ0n) is 23.9. The molecule has 1 aromatic heterocycles. The van der Waals surface area contributed by atoms with E-state index in [2.05, 4.69) is 10.3 Å². The maximum atomic E-state index is 13.4. The number of hydrogen-bond acceptors (Lipinski definition) is 11. The Balaban J connectivity index is 1.58. The van der Waals surface area contributed by atoms with Gasteiger partial charge in [0.25, 0.3) is 5.91 Å². The molecule has 1 amide bonds. The number of esters is 4. The first kappa shape index (κ1) is 30.5. The van der Waals surface area contributed by atoms with Gasteiger partial charge in [-0.05, 0) is 31.7 Å². The lowest BCUT2D eigenvalue weighted by molar-refractivity contribution is -0.176. The van der Waals surface area contributed by atoms with Gasteiger partial charge >= 0.3 is 23.9 Å². The van der Waals surface area contributed by atoms with Crippen LogP contribution in [0.25, 0.3) is 0 Å². The second-order valence-electron chi connectivity index (χ2n) is 10.5. The highest BCUT2D eigenvalue weighted by molar-refractivity contribution is 5.99. The van der Waals surface area contributed by atoms with Gasteiger partial charge in [0, 0.05) is 12.3 Å². The SMILES string of the molecule is COc1ccnc(C(=O)N[C@H]2COC(=O)[C@H](Cc3ccccc3)[C@@H](OC(=O)C(C)C)[C@H](C)OC2=O)c1OC(=O)C1CC1. The number of rotatable bonds is 9. The maximum Gasteiger partial charge on any atom is 0.332 e. The predicted molar refractivity (Wildman–Crippen MR) is 145 cm³/mol. The van der Waals surface area contributed by atoms with E-state index in [9.17, 15) is 24.0 Å². The molecule has 2 aromatic rings. The van der Waals surface area contributed by atoms with Gasteiger partial charge in [-0.2, -0.15) is 0 Å². The molecule has 0 radical (unpaired) electrons. The largest absolute Gasteiger partial charge is 0.493 e. The summed E-state index contributed by atoms with van der Waals surface area (Å²) in [4.78, 5) is 68.9. The van der Waals surface area contributed by atoms with Crippen LogP contribution in [-0.4, -0.2) is 66.7 Å². The molecule has 12 heteroatoms. The van der Waals surface area contributed by atoms with E-state index in [1.165, 1.54) is 26.3 Å². The van der Waals surface area contributed by atoms with Gasteiger partial charge in [-0.25, -0.2) is 9.78 Å². The van der Waals surface area contributed by atoms with Crippen molar-refractivity contribution in [2.24, 2.45) is 17.8 Å². The summed E-state index contributed by atoms with van der Waals surface area (Å²) in [5, 5.41) is 2.46. The Hall–Kier alpha value is -4.48. The molecule has 2 fully saturated rings. The molecular formula is C30H34N2O10. The molecule has 2 heterocycles. The van der Waals surface area contributed by atoms with E-state index < -0.39 is 66.5 Å². The number of methoxy groups -OCH3 is 1. The van der Waals surface area contributed by atoms with Gasteiger partial charge in [-0.15, -0.1) is 0 Å². The van der Waals surface area contributed by atoms with Crippen molar-refractivity contribution in [2.45, 2.75) is 58.3 Å². The second-order valence-corrected chi connectivity index (χ2v) is 10.5. The molecule has 0 bridgehead atoms. The molecule has 1 saturated heterocycles. The zero-order chi connectivity index (χ0) is 30.4. The van der Waals surface area contributed by atoms with Crippen molar-refractivity contribution in [3.05, 3.63) is 53.9 Å². The number of benzene rings is 1. The van der Waals surface area contributed by atoms with Crippen molar-refractivity contribution < 1.29 is 47.7 Å². The Labute approximate surface area is 243 Å². The molecule has 1 N–H and O–H groups in total. The Morgan fingerprint density at radius 2 is 1.79 bits per heavy atom. The highest BCUT2D eigenvalue weighted by atomic mass is 16.6. The molecule has 1 aromatic carbocycles. The molecule has 1 aliphatic heterocycles. The normalized spacial score (nSPS) is 22.5. The van der Waals surface area contributed by atoms with Gasteiger partial charge in [-0.1, -0.05) is 44.2 Å². The number of pyridine rings is 1. The minimum atomic E-state index is -1.44. The molecule has 1 saturated carbocycles. The molecular weight excluding hydrogens is 548 g/mol. The molecule has 4 atom stereocenters. The van der Waals surface area contributed by atoms with E-state index in [1.807, 2.05) is 30.3 Å². The third-order valence-corrected chi connectivity index (χ3v) is 6.88. The topological polar surface area (TPSA) is 156 Å². The van der Waals surface area contributed by atoms with Crippen LogP contribution in [0.5, 0.6) is 11.5 Å². The summed E-state index contributed by atoms with van der Waals surface area (Å²) >= 11 is 0. The van der Waals surface area contributed by atoms with Crippen molar-refractivity contribution in [3.8, 4) is 11.5 Å². The van der Waals surface area contributed by atoms with Gasteiger partial charge in [0.1, 0.15) is 18.6 Å². The van der Waals surface area contributed by atoms with Crippen LogP contribution in [0, 0.1) is 17.8 Å². The second kappa shape index (κ2) is 13.5. The summed E-state index contributed by atoms with van der Waals surface area (Å²) in [6.07, 6.45) is 0.577. The number of carbonyl (C=O) groups excluding carboxylic acids is 5. The third-order valence-electron chi connectivity index (χ3n) is 6.88. The summed E-state index contributed by atoms with van der Waals surface area (Å²) in [6, 6.07) is 9.06. The van der Waals surface area contributed by atoms with Gasteiger partial charge < -0.3 is 29.0 Å². The first-order valence-corrected chi connectivity index (χ1v) is 13.8. The number of aromatic nitrogens is 1. The van der Waals surface area contributed by atoms with E-state index in [0.717, 1.165) is 5.56 Å². The number of nitrogens with one attached hydrogen (secondary N) is 1. The first-order valence-electron chi connectivity index (χ1n) is 13.8. The van der Waals surface area contributed by atoms with Crippen molar-refractivity contribution in [2.75, 3.05) is 13.7 Å². The van der Waals surface area contributed by atoms with Crippen LogP contribution in [0.3, 0.4) is 0 Å². The smallest absolute Gasteiger partial charge is 0.332 e. The first-order chi connectivity index (χ1) is 20.1. The van der Waals surface area contributed by atoms with Crippen LogP contribution < -0.4 is 14.8 Å². The molecule has 0 unspecified atom stereocenters. The summed E-state index contributed by atoms with van der Waals surface area (Å²) in [5.74, 6) is -5.50. The number of nitrogens with zero attached hydrogens (tertiary/aromatic N) is 1. The molecule has 12 nitrogen and oxygen atoms in total. The van der Waals surface area contributed by atoms with Gasteiger partial charge in [0.05, 0.1) is 18.9 Å². The maximum absolute atomic E-state index is 13.4. The highest BCUT2D eigenvalue weighted by Gasteiger charge is 2.42. The Morgan fingerprint density at radius 1 is 1.07 bits per heavy atom. The van der Waals surface area contributed by atoms with Crippen molar-refractivity contribution in [1.82, 2.24) is 10.3 Å². The predicted octanol–water partition coefficient (Wildman–Crippen LogP) is 2.42. The van der Waals surface area contributed by atoms with Crippen molar-refractivity contribution >= 4 is 29.8 Å².